The second-order valence-electron chi connectivity index (χ2n) is 4.51. The summed E-state index contributed by atoms with van der Waals surface area (Å²) in [6.45, 7) is 0.721. The third kappa shape index (κ3) is 3.55. The lowest BCUT2D eigenvalue weighted by Gasteiger charge is -2.08. The van der Waals surface area contributed by atoms with Crippen LogP contribution in [0, 0.1) is 0 Å². The molecule has 0 bridgehead atoms. The minimum atomic E-state index is 0.256. The average molecular weight is 297 g/mol. The van der Waals surface area contributed by atoms with Crippen LogP contribution in [0.4, 0.5) is 5.69 Å². The van der Waals surface area contributed by atoms with Gasteiger partial charge in [-0.15, -0.1) is 0 Å². The van der Waals surface area contributed by atoms with Gasteiger partial charge in [0.25, 0.3) is 0 Å². The smallest absolute Gasteiger partial charge is 0.222 e. The molecule has 1 N–H and O–H groups in total. The van der Waals surface area contributed by atoms with Crippen LogP contribution in [0.3, 0.4) is 0 Å². The number of benzene rings is 1. The molecule has 0 radical (unpaired) electrons. The summed E-state index contributed by atoms with van der Waals surface area (Å²) in [5.41, 5.74) is 3.99. The van der Waals surface area contributed by atoms with Gasteiger partial charge in [-0.25, -0.2) is 9.97 Å². The molecule has 0 aliphatic rings. The van der Waals surface area contributed by atoms with E-state index in [4.69, 9.17) is 11.6 Å². The van der Waals surface area contributed by atoms with E-state index in [0.717, 1.165) is 29.1 Å². The van der Waals surface area contributed by atoms with Crippen molar-refractivity contribution in [3.05, 3.63) is 71.9 Å². The Hall–Kier alpha value is -2.46. The molecule has 0 amide bonds. The van der Waals surface area contributed by atoms with Crippen molar-refractivity contribution in [2.24, 2.45) is 0 Å². The molecule has 0 aliphatic carbocycles. The first-order valence-electron chi connectivity index (χ1n) is 6.53. The van der Waals surface area contributed by atoms with Crippen LogP contribution in [0.2, 0.25) is 5.28 Å². The highest BCUT2D eigenvalue weighted by molar-refractivity contribution is 6.28. The maximum Gasteiger partial charge on any atom is 0.222 e. The lowest BCUT2D eigenvalue weighted by atomic mass is 10.1. The first-order chi connectivity index (χ1) is 10.3. The van der Waals surface area contributed by atoms with E-state index in [-0.39, 0.29) is 5.28 Å². The number of nitrogens with one attached hydrogen (secondary N) is 1. The van der Waals surface area contributed by atoms with Gasteiger partial charge >= 0.3 is 0 Å². The van der Waals surface area contributed by atoms with E-state index in [2.05, 4.69) is 32.4 Å². The Morgan fingerprint density at radius 1 is 1.05 bits per heavy atom. The molecule has 21 heavy (non-hydrogen) atoms. The first-order valence-corrected chi connectivity index (χ1v) is 6.91. The van der Waals surface area contributed by atoms with Crippen molar-refractivity contribution in [3.8, 4) is 11.3 Å². The van der Waals surface area contributed by atoms with Crippen LogP contribution in [0.25, 0.3) is 11.3 Å². The summed E-state index contributed by atoms with van der Waals surface area (Å²) in [7, 11) is 0. The molecule has 4 nitrogen and oxygen atoms in total. The average Bonchev–Trinajstić information content (AvgIpc) is 2.54. The summed E-state index contributed by atoms with van der Waals surface area (Å²) in [6, 6.07) is 13.9. The zero-order chi connectivity index (χ0) is 14.5. The predicted molar refractivity (Wildman–Crippen MR) is 84.0 cm³/mol. The summed E-state index contributed by atoms with van der Waals surface area (Å²) >= 11 is 5.83. The fourth-order valence-corrected chi connectivity index (χ4v) is 2.16. The van der Waals surface area contributed by atoms with E-state index in [1.165, 1.54) is 0 Å². The fraction of sp³-hybridized carbons (Fsp3) is 0.0625. The quantitative estimate of drug-likeness (QED) is 0.744. The Morgan fingerprint density at radius 3 is 2.81 bits per heavy atom. The summed E-state index contributed by atoms with van der Waals surface area (Å²) < 4.78 is 0. The third-order valence-electron chi connectivity index (χ3n) is 3.01. The molecular formula is C16H13ClN4. The van der Waals surface area contributed by atoms with Crippen molar-refractivity contribution in [1.29, 1.82) is 0 Å². The molecule has 0 unspecified atom stereocenters. The van der Waals surface area contributed by atoms with E-state index in [0.29, 0.717) is 0 Å². The van der Waals surface area contributed by atoms with Gasteiger partial charge in [-0.1, -0.05) is 18.2 Å². The monoisotopic (exact) mass is 296 g/mol. The normalized spacial score (nSPS) is 10.3. The predicted octanol–water partition coefficient (Wildman–Crippen LogP) is 3.80. The molecule has 3 rings (SSSR count). The number of nitrogens with zero attached hydrogens (tertiary/aromatic N) is 3. The van der Waals surface area contributed by atoms with Crippen LogP contribution in [0.15, 0.2) is 61.1 Å². The zero-order valence-corrected chi connectivity index (χ0v) is 12.0. The van der Waals surface area contributed by atoms with Crippen molar-refractivity contribution in [2.75, 3.05) is 5.32 Å². The number of hydrogen-bond donors (Lipinski definition) is 1. The highest BCUT2D eigenvalue weighted by Gasteiger charge is 2.02. The van der Waals surface area contributed by atoms with Crippen LogP contribution >= 0.6 is 11.6 Å². The number of anilines is 1. The molecule has 5 heteroatoms. The second kappa shape index (κ2) is 6.33. The molecule has 3 aromatic rings. The van der Waals surface area contributed by atoms with E-state index in [1.807, 2.05) is 30.3 Å². The lowest BCUT2D eigenvalue weighted by Crippen LogP contribution is -1.99. The van der Waals surface area contributed by atoms with Crippen molar-refractivity contribution < 1.29 is 0 Å². The Balaban J connectivity index is 1.77. The minimum Gasteiger partial charge on any atom is -0.380 e. The van der Waals surface area contributed by atoms with Crippen LogP contribution < -0.4 is 5.32 Å². The lowest BCUT2D eigenvalue weighted by molar-refractivity contribution is 1.13. The van der Waals surface area contributed by atoms with Crippen molar-refractivity contribution in [1.82, 2.24) is 15.0 Å². The molecule has 0 spiro atoms. The van der Waals surface area contributed by atoms with Crippen LogP contribution in [0.1, 0.15) is 5.56 Å². The maximum atomic E-state index is 5.83. The minimum absolute atomic E-state index is 0.256. The zero-order valence-electron chi connectivity index (χ0n) is 11.2. The number of aromatic nitrogens is 3. The van der Waals surface area contributed by atoms with E-state index >= 15 is 0 Å². The van der Waals surface area contributed by atoms with Gasteiger partial charge < -0.3 is 5.32 Å². The number of halogens is 1. The first kappa shape index (κ1) is 13.5. The van der Waals surface area contributed by atoms with Gasteiger partial charge in [-0.05, 0) is 41.4 Å². The number of pyridine rings is 1. The molecule has 2 heterocycles. The molecule has 0 saturated heterocycles. The van der Waals surface area contributed by atoms with Crippen LogP contribution in [-0.4, -0.2) is 15.0 Å². The summed E-state index contributed by atoms with van der Waals surface area (Å²) in [6.07, 6.45) is 5.21. The van der Waals surface area contributed by atoms with Gasteiger partial charge in [0.2, 0.25) is 5.28 Å². The van der Waals surface area contributed by atoms with Gasteiger partial charge in [-0.2, -0.15) is 0 Å². The van der Waals surface area contributed by atoms with Crippen LogP contribution in [0.5, 0.6) is 0 Å². The van der Waals surface area contributed by atoms with E-state index < -0.39 is 0 Å². The standard InChI is InChI=1S/C16H13ClN4/c17-16-19-8-6-15(21-16)13-4-1-3-12(9-13)10-20-14-5-2-7-18-11-14/h1-9,11,20H,10H2. The largest absolute Gasteiger partial charge is 0.380 e. The molecule has 0 saturated carbocycles. The Bertz CT molecular complexity index is 731. The maximum absolute atomic E-state index is 5.83. The fourth-order valence-electron chi connectivity index (χ4n) is 2.01. The topological polar surface area (TPSA) is 50.7 Å². The highest BCUT2D eigenvalue weighted by atomic mass is 35.5. The molecule has 104 valence electrons. The Kier molecular flexibility index (Phi) is 4.07. The van der Waals surface area contributed by atoms with Gasteiger partial charge in [0.05, 0.1) is 11.4 Å². The summed E-state index contributed by atoms with van der Waals surface area (Å²) in [5.74, 6) is 0. The van der Waals surface area contributed by atoms with Gasteiger partial charge in [0, 0.05) is 30.7 Å². The van der Waals surface area contributed by atoms with Crippen LogP contribution in [-0.2, 0) is 6.54 Å². The summed E-state index contributed by atoms with van der Waals surface area (Å²) in [4.78, 5) is 12.2. The molecular weight excluding hydrogens is 284 g/mol. The van der Waals surface area contributed by atoms with Gasteiger partial charge in [-0.3, -0.25) is 4.98 Å². The highest BCUT2D eigenvalue weighted by Crippen LogP contribution is 2.19. The van der Waals surface area contributed by atoms with Gasteiger partial charge in [0.15, 0.2) is 0 Å². The van der Waals surface area contributed by atoms with Gasteiger partial charge in [0.1, 0.15) is 0 Å². The molecule has 0 atom stereocenters. The summed E-state index contributed by atoms with van der Waals surface area (Å²) in [5, 5.41) is 3.59. The van der Waals surface area contributed by atoms with Crippen molar-refractivity contribution in [3.63, 3.8) is 0 Å². The molecule has 0 fully saturated rings. The molecule has 0 aliphatic heterocycles. The van der Waals surface area contributed by atoms with E-state index in [9.17, 15) is 0 Å². The SMILES string of the molecule is Clc1nccc(-c2cccc(CNc3cccnc3)c2)n1. The van der Waals surface area contributed by atoms with Crippen molar-refractivity contribution in [2.45, 2.75) is 6.54 Å². The molecule has 2 aromatic heterocycles. The Labute approximate surface area is 127 Å². The Morgan fingerprint density at radius 2 is 2.00 bits per heavy atom. The van der Waals surface area contributed by atoms with Crippen molar-refractivity contribution >= 4 is 17.3 Å². The number of rotatable bonds is 4. The van der Waals surface area contributed by atoms with E-state index in [1.54, 1.807) is 18.6 Å². The second-order valence-corrected chi connectivity index (χ2v) is 4.84. The molecule has 1 aromatic carbocycles. The number of hydrogen-bond acceptors (Lipinski definition) is 4. The third-order valence-corrected chi connectivity index (χ3v) is 3.19.